The fourth-order valence-electron chi connectivity index (χ4n) is 0.734. The third kappa shape index (κ3) is 4.20. The molecular formula is C7H7ClF3N3O. The Balaban J connectivity index is 2.54. The predicted octanol–water partition coefficient (Wildman–Crippen LogP) is 2.04. The van der Waals surface area contributed by atoms with E-state index in [1.807, 2.05) is 0 Å². The van der Waals surface area contributed by atoms with Crippen LogP contribution >= 0.6 is 11.6 Å². The van der Waals surface area contributed by atoms with Gasteiger partial charge in [0.05, 0.1) is 19.2 Å². The molecule has 4 nitrogen and oxygen atoms in total. The van der Waals surface area contributed by atoms with Crippen molar-refractivity contribution in [3.05, 3.63) is 11.5 Å². The molecule has 1 aromatic heterocycles. The second kappa shape index (κ2) is 4.52. The van der Waals surface area contributed by atoms with E-state index in [0.717, 1.165) is 6.20 Å². The highest BCUT2D eigenvalue weighted by atomic mass is 35.5. The van der Waals surface area contributed by atoms with Crippen LogP contribution in [-0.2, 0) is 0 Å². The molecule has 0 atom stereocenters. The smallest absolute Gasteiger partial charge is 0.392 e. The molecular weight excluding hydrogens is 235 g/mol. The summed E-state index contributed by atoms with van der Waals surface area (Å²) >= 11 is 5.41. The third-order valence-electron chi connectivity index (χ3n) is 1.38. The van der Waals surface area contributed by atoms with Gasteiger partial charge in [0, 0.05) is 0 Å². The zero-order chi connectivity index (χ0) is 11.5. The van der Waals surface area contributed by atoms with Gasteiger partial charge in [-0.2, -0.15) is 18.2 Å². The van der Waals surface area contributed by atoms with Crippen molar-refractivity contribution in [3.63, 3.8) is 0 Å². The topological polar surface area (TPSA) is 61.0 Å². The normalized spacial score (nSPS) is 11.5. The van der Waals surface area contributed by atoms with E-state index in [4.69, 9.17) is 22.1 Å². The van der Waals surface area contributed by atoms with Crippen molar-refractivity contribution in [2.75, 3.05) is 12.3 Å². The number of hydrogen-bond acceptors (Lipinski definition) is 4. The van der Waals surface area contributed by atoms with Crippen LogP contribution in [0.1, 0.15) is 6.42 Å². The monoisotopic (exact) mass is 241 g/mol. The summed E-state index contributed by atoms with van der Waals surface area (Å²) in [6.07, 6.45) is -4.18. The molecule has 1 aromatic rings. The van der Waals surface area contributed by atoms with Gasteiger partial charge >= 0.3 is 6.18 Å². The second-order valence-corrected chi connectivity index (χ2v) is 2.95. The first-order chi connectivity index (χ1) is 6.88. The lowest BCUT2D eigenvalue weighted by Gasteiger charge is -2.09. The number of nitrogens with zero attached hydrogens (tertiary/aromatic N) is 2. The molecule has 0 radical (unpaired) electrons. The van der Waals surface area contributed by atoms with Crippen LogP contribution < -0.4 is 10.5 Å². The van der Waals surface area contributed by atoms with Crippen LogP contribution in [0, 0.1) is 0 Å². The molecule has 0 saturated carbocycles. The van der Waals surface area contributed by atoms with Gasteiger partial charge in [-0.25, -0.2) is 4.98 Å². The number of nitrogen functional groups attached to an aromatic ring is 1. The number of halogens is 4. The van der Waals surface area contributed by atoms with Gasteiger partial charge in [-0.15, -0.1) is 0 Å². The van der Waals surface area contributed by atoms with Gasteiger partial charge in [0.1, 0.15) is 5.69 Å². The van der Waals surface area contributed by atoms with Gasteiger partial charge in [0.25, 0.3) is 0 Å². The molecule has 0 bridgehead atoms. The molecule has 0 spiro atoms. The van der Waals surface area contributed by atoms with Crippen LogP contribution in [0.15, 0.2) is 6.20 Å². The van der Waals surface area contributed by atoms with E-state index in [-0.39, 0.29) is 16.9 Å². The highest BCUT2D eigenvalue weighted by molar-refractivity contribution is 6.28. The van der Waals surface area contributed by atoms with Crippen molar-refractivity contribution in [3.8, 4) is 5.88 Å². The standard InChI is InChI=1S/C7H7ClF3N3O/c8-6-13-3-4(12)5(14-6)15-2-1-7(9,10)11/h3H,1-2,12H2. The maximum Gasteiger partial charge on any atom is 0.392 e. The minimum absolute atomic E-state index is 0.0431. The first kappa shape index (κ1) is 11.8. The van der Waals surface area contributed by atoms with Crippen molar-refractivity contribution in [2.45, 2.75) is 12.6 Å². The Morgan fingerprint density at radius 3 is 2.73 bits per heavy atom. The molecule has 0 aromatic carbocycles. The Morgan fingerprint density at radius 2 is 2.13 bits per heavy atom. The van der Waals surface area contributed by atoms with Crippen molar-refractivity contribution >= 4 is 17.3 Å². The maximum atomic E-state index is 11.8. The van der Waals surface area contributed by atoms with E-state index in [1.165, 1.54) is 0 Å². The minimum Gasteiger partial charge on any atom is -0.476 e. The van der Waals surface area contributed by atoms with Gasteiger partial charge < -0.3 is 10.5 Å². The average molecular weight is 242 g/mol. The lowest BCUT2D eigenvalue weighted by molar-refractivity contribution is -0.139. The summed E-state index contributed by atoms with van der Waals surface area (Å²) in [6, 6.07) is 0. The Morgan fingerprint density at radius 1 is 1.47 bits per heavy atom. The summed E-state index contributed by atoms with van der Waals surface area (Å²) in [5.74, 6) is -0.140. The zero-order valence-electron chi connectivity index (χ0n) is 7.38. The number of rotatable bonds is 3. The van der Waals surface area contributed by atoms with Gasteiger partial charge in [-0.3, -0.25) is 0 Å². The fraction of sp³-hybridized carbons (Fsp3) is 0.429. The van der Waals surface area contributed by atoms with Gasteiger partial charge in [0.2, 0.25) is 11.2 Å². The molecule has 2 N–H and O–H groups in total. The molecule has 15 heavy (non-hydrogen) atoms. The Hall–Kier alpha value is -1.24. The maximum absolute atomic E-state index is 11.8. The number of anilines is 1. The first-order valence-corrected chi connectivity index (χ1v) is 4.24. The molecule has 1 rings (SSSR count). The molecule has 8 heteroatoms. The van der Waals surface area contributed by atoms with Crippen LogP contribution in [0.25, 0.3) is 0 Å². The summed E-state index contributed by atoms with van der Waals surface area (Å²) in [5.41, 5.74) is 5.39. The Labute approximate surface area is 88.2 Å². The number of hydrogen-bond donors (Lipinski definition) is 1. The molecule has 0 aliphatic carbocycles. The predicted molar refractivity (Wildman–Crippen MR) is 47.6 cm³/mol. The Kier molecular flexibility index (Phi) is 3.57. The molecule has 1 heterocycles. The zero-order valence-corrected chi connectivity index (χ0v) is 8.14. The van der Waals surface area contributed by atoms with Crippen molar-refractivity contribution in [1.82, 2.24) is 9.97 Å². The van der Waals surface area contributed by atoms with Crippen LogP contribution in [0.5, 0.6) is 5.88 Å². The lowest BCUT2D eigenvalue weighted by Crippen LogP contribution is -2.14. The van der Waals surface area contributed by atoms with Gasteiger partial charge in [-0.1, -0.05) is 0 Å². The minimum atomic E-state index is -4.27. The lowest BCUT2D eigenvalue weighted by atomic mass is 10.4. The van der Waals surface area contributed by atoms with Crippen LogP contribution in [-0.4, -0.2) is 22.8 Å². The van der Waals surface area contributed by atoms with E-state index in [9.17, 15) is 13.2 Å². The van der Waals surface area contributed by atoms with Crippen LogP contribution in [0.4, 0.5) is 18.9 Å². The van der Waals surface area contributed by atoms with Crippen molar-refractivity contribution in [2.24, 2.45) is 0 Å². The summed E-state index contributed by atoms with van der Waals surface area (Å²) in [6.45, 7) is -0.555. The molecule has 0 aliphatic rings. The van der Waals surface area contributed by atoms with E-state index < -0.39 is 19.2 Å². The summed E-state index contributed by atoms with van der Waals surface area (Å²) in [5, 5.41) is -0.133. The highest BCUT2D eigenvalue weighted by Gasteiger charge is 2.27. The Bertz CT molecular complexity index is 345. The molecule has 0 fully saturated rings. The second-order valence-electron chi connectivity index (χ2n) is 2.61. The van der Waals surface area contributed by atoms with Crippen LogP contribution in [0.3, 0.4) is 0 Å². The summed E-state index contributed by atoms with van der Waals surface area (Å²) in [4.78, 5) is 7.06. The van der Waals surface area contributed by atoms with E-state index in [1.54, 1.807) is 0 Å². The average Bonchev–Trinajstić information content (AvgIpc) is 2.09. The molecule has 84 valence electrons. The highest BCUT2D eigenvalue weighted by Crippen LogP contribution is 2.22. The molecule has 0 aliphatic heterocycles. The van der Waals surface area contributed by atoms with E-state index in [2.05, 4.69) is 9.97 Å². The fourth-order valence-corrected chi connectivity index (χ4v) is 0.860. The quantitative estimate of drug-likeness (QED) is 0.823. The number of ether oxygens (including phenoxy) is 1. The molecule has 0 unspecified atom stereocenters. The van der Waals surface area contributed by atoms with Gasteiger partial charge in [0.15, 0.2) is 0 Å². The van der Waals surface area contributed by atoms with Crippen LogP contribution in [0.2, 0.25) is 5.28 Å². The van der Waals surface area contributed by atoms with Crippen molar-refractivity contribution in [1.29, 1.82) is 0 Å². The van der Waals surface area contributed by atoms with E-state index in [0.29, 0.717) is 0 Å². The molecule has 0 amide bonds. The van der Waals surface area contributed by atoms with Gasteiger partial charge in [-0.05, 0) is 11.6 Å². The van der Waals surface area contributed by atoms with E-state index >= 15 is 0 Å². The first-order valence-electron chi connectivity index (χ1n) is 3.86. The summed E-state index contributed by atoms with van der Waals surface area (Å²) in [7, 11) is 0. The third-order valence-corrected chi connectivity index (χ3v) is 1.56. The molecule has 0 saturated heterocycles. The number of nitrogens with two attached hydrogens (primary N) is 1. The SMILES string of the molecule is Nc1cnc(Cl)nc1OCCC(F)(F)F. The van der Waals surface area contributed by atoms with Crippen molar-refractivity contribution < 1.29 is 17.9 Å². The number of alkyl halides is 3. The summed E-state index contributed by atoms with van der Waals surface area (Å²) < 4.78 is 40.0. The number of aromatic nitrogens is 2. The largest absolute Gasteiger partial charge is 0.476 e.